The fourth-order valence-electron chi connectivity index (χ4n) is 4.10. The second-order valence-electron chi connectivity index (χ2n) is 8.96. The minimum Gasteiger partial charge on any atom is -0.491 e. The predicted octanol–water partition coefficient (Wildman–Crippen LogP) is 2.31. The fourth-order valence-corrected chi connectivity index (χ4v) is 4.10. The standard InChI is InChI=1S/C26H34N4O6/c1-17-13-30(26(33)21-8-6-7-11-27-21)18(2)15-36-22-12-19(28-24(31)16-34-4)9-10-20(22)25(32)29(3)14-23(17)35-5/h6-12,17-18,23H,13-16H2,1-5H3,(H,28,31)/t17-,18+,23-/m0/s1. The van der Waals surface area contributed by atoms with Crippen molar-refractivity contribution in [2.24, 2.45) is 5.92 Å². The van der Waals surface area contributed by atoms with Crippen LogP contribution < -0.4 is 10.1 Å². The molecule has 2 aromatic rings. The van der Waals surface area contributed by atoms with Gasteiger partial charge in [0.1, 0.15) is 24.7 Å². The van der Waals surface area contributed by atoms with E-state index < -0.39 is 0 Å². The van der Waals surface area contributed by atoms with Crippen LogP contribution in [0, 0.1) is 5.92 Å². The summed E-state index contributed by atoms with van der Waals surface area (Å²) in [6, 6.07) is 9.74. The van der Waals surface area contributed by atoms with Crippen molar-refractivity contribution in [2.45, 2.75) is 26.0 Å². The Balaban J connectivity index is 1.97. The van der Waals surface area contributed by atoms with Gasteiger partial charge < -0.3 is 29.3 Å². The van der Waals surface area contributed by atoms with Crippen LogP contribution in [0.2, 0.25) is 0 Å². The summed E-state index contributed by atoms with van der Waals surface area (Å²) >= 11 is 0. The monoisotopic (exact) mass is 498 g/mol. The van der Waals surface area contributed by atoms with Gasteiger partial charge in [-0.1, -0.05) is 13.0 Å². The molecule has 0 aliphatic carbocycles. The van der Waals surface area contributed by atoms with Crippen LogP contribution in [-0.2, 0) is 14.3 Å². The third kappa shape index (κ3) is 6.58. The molecule has 0 saturated heterocycles. The molecule has 0 spiro atoms. The summed E-state index contributed by atoms with van der Waals surface area (Å²) in [7, 11) is 4.74. The Morgan fingerprint density at radius 2 is 1.94 bits per heavy atom. The molecular weight excluding hydrogens is 464 g/mol. The van der Waals surface area contributed by atoms with Crippen molar-refractivity contribution in [1.82, 2.24) is 14.8 Å². The molecule has 1 aliphatic heterocycles. The average molecular weight is 499 g/mol. The van der Waals surface area contributed by atoms with Crippen LogP contribution >= 0.6 is 0 Å². The maximum Gasteiger partial charge on any atom is 0.272 e. The second-order valence-corrected chi connectivity index (χ2v) is 8.96. The molecule has 3 atom stereocenters. The molecule has 36 heavy (non-hydrogen) atoms. The van der Waals surface area contributed by atoms with Crippen molar-refractivity contribution in [3.8, 4) is 5.75 Å². The summed E-state index contributed by atoms with van der Waals surface area (Å²) < 4.78 is 16.7. The maximum atomic E-state index is 13.4. The van der Waals surface area contributed by atoms with Gasteiger partial charge in [-0.3, -0.25) is 19.4 Å². The summed E-state index contributed by atoms with van der Waals surface area (Å²) in [6.45, 7) is 4.62. The first-order valence-electron chi connectivity index (χ1n) is 11.8. The summed E-state index contributed by atoms with van der Waals surface area (Å²) in [5.74, 6) is -0.537. The van der Waals surface area contributed by atoms with Crippen LogP contribution in [0.1, 0.15) is 34.7 Å². The van der Waals surface area contributed by atoms with Crippen LogP contribution in [-0.4, -0.2) is 92.2 Å². The van der Waals surface area contributed by atoms with E-state index in [4.69, 9.17) is 14.2 Å². The van der Waals surface area contributed by atoms with Crippen molar-refractivity contribution in [1.29, 1.82) is 0 Å². The van der Waals surface area contributed by atoms with E-state index >= 15 is 0 Å². The van der Waals surface area contributed by atoms with Gasteiger partial charge in [0, 0.05) is 58.2 Å². The number of carbonyl (C=O) groups excluding carboxylic acids is 3. The Hall–Kier alpha value is -3.50. The number of nitrogens with zero attached hydrogens (tertiary/aromatic N) is 3. The molecule has 1 aromatic carbocycles. The molecule has 1 aromatic heterocycles. The molecule has 3 amide bonds. The van der Waals surface area contributed by atoms with Crippen LogP contribution in [0.5, 0.6) is 5.75 Å². The molecule has 10 nitrogen and oxygen atoms in total. The van der Waals surface area contributed by atoms with E-state index in [-0.39, 0.29) is 49.0 Å². The third-order valence-electron chi connectivity index (χ3n) is 6.15. The Morgan fingerprint density at radius 3 is 2.61 bits per heavy atom. The van der Waals surface area contributed by atoms with Crippen LogP contribution in [0.15, 0.2) is 42.6 Å². The van der Waals surface area contributed by atoms with Gasteiger partial charge in [-0.05, 0) is 31.2 Å². The Kier molecular flexibility index (Phi) is 9.38. The number of rotatable bonds is 5. The number of benzene rings is 1. The zero-order valence-electron chi connectivity index (χ0n) is 21.4. The minimum absolute atomic E-state index is 0.0716. The normalized spacial score (nSPS) is 21.0. The number of fused-ring (bicyclic) bond motifs is 1. The van der Waals surface area contributed by atoms with Gasteiger partial charge in [-0.2, -0.15) is 0 Å². The highest BCUT2D eigenvalue weighted by atomic mass is 16.5. The first kappa shape index (κ1) is 27.1. The number of amides is 3. The lowest BCUT2D eigenvalue weighted by molar-refractivity contribution is -0.119. The maximum absolute atomic E-state index is 13.4. The summed E-state index contributed by atoms with van der Waals surface area (Å²) in [5.41, 5.74) is 1.16. The number of nitrogens with one attached hydrogen (secondary N) is 1. The first-order valence-corrected chi connectivity index (χ1v) is 11.8. The largest absolute Gasteiger partial charge is 0.491 e. The molecule has 0 unspecified atom stereocenters. The topological polar surface area (TPSA) is 110 Å². The number of likely N-dealkylation sites (N-methyl/N-ethyl adjacent to an activating group) is 1. The van der Waals surface area contributed by atoms with E-state index in [0.717, 1.165) is 0 Å². The molecule has 0 bridgehead atoms. The van der Waals surface area contributed by atoms with Gasteiger partial charge in [0.15, 0.2) is 0 Å². The van der Waals surface area contributed by atoms with Gasteiger partial charge in [0.25, 0.3) is 11.8 Å². The Bertz CT molecular complexity index is 1060. The summed E-state index contributed by atoms with van der Waals surface area (Å²) in [5, 5.41) is 2.73. The lowest BCUT2D eigenvalue weighted by Crippen LogP contribution is -2.48. The van der Waals surface area contributed by atoms with Crippen molar-refractivity contribution < 1.29 is 28.6 Å². The molecule has 3 rings (SSSR count). The molecule has 1 N–H and O–H groups in total. The number of anilines is 1. The van der Waals surface area contributed by atoms with Crippen molar-refractivity contribution in [2.75, 3.05) is 52.9 Å². The van der Waals surface area contributed by atoms with Crippen molar-refractivity contribution >= 4 is 23.4 Å². The van der Waals surface area contributed by atoms with Crippen LogP contribution in [0.25, 0.3) is 0 Å². The number of aromatic nitrogens is 1. The summed E-state index contributed by atoms with van der Waals surface area (Å²) in [6.07, 6.45) is 1.28. The van der Waals surface area contributed by atoms with Gasteiger partial charge in [-0.25, -0.2) is 0 Å². The summed E-state index contributed by atoms with van der Waals surface area (Å²) in [4.78, 5) is 46.2. The molecule has 0 radical (unpaired) electrons. The Morgan fingerprint density at radius 1 is 1.17 bits per heavy atom. The molecule has 2 heterocycles. The van der Waals surface area contributed by atoms with Crippen molar-refractivity contribution in [3.05, 3.63) is 53.9 Å². The first-order chi connectivity index (χ1) is 17.2. The minimum atomic E-state index is -0.341. The Labute approximate surface area is 211 Å². The van der Waals surface area contributed by atoms with E-state index in [1.807, 2.05) is 13.8 Å². The molecule has 0 saturated carbocycles. The number of hydrogen-bond acceptors (Lipinski definition) is 7. The third-order valence-corrected chi connectivity index (χ3v) is 6.15. The number of hydrogen-bond donors (Lipinski definition) is 1. The van der Waals surface area contributed by atoms with Gasteiger partial charge in [0.2, 0.25) is 5.91 Å². The highest BCUT2D eigenvalue weighted by Crippen LogP contribution is 2.27. The zero-order valence-corrected chi connectivity index (χ0v) is 21.4. The molecule has 0 fully saturated rings. The highest BCUT2D eigenvalue weighted by Gasteiger charge is 2.31. The SMILES string of the molecule is COCC(=O)Nc1ccc2c(c1)OC[C@@H](C)N(C(=O)c1ccccn1)C[C@H](C)[C@@H](OC)CN(C)C2=O. The van der Waals surface area contributed by atoms with Gasteiger partial charge in [-0.15, -0.1) is 0 Å². The number of ether oxygens (including phenoxy) is 3. The number of methoxy groups -OCH3 is 2. The van der Waals surface area contributed by atoms with Gasteiger partial charge >= 0.3 is 0 Å². The highest BCUT2D eigenvalue weighted by molar-refractivity contribution is 5.98. The van der Waals surface area contributed by atoms with Crippen LogP contribution in [0.3, 0.4) is 0 Å². The van der Waals surface area contributed by atoms with Crippen molar-refractivity contribution in [3.63, 3.8) is 0 Å². The van der Waals surface area contributed by atoms with Crippen LogP contribution in [0.4, 0.5) is 5.69 Å². The quantitative estimate of drug-likeness (QED) is 0.674. The van der Waals surface area contributed by atoms with E-state index in [1.165, 1.54) is 7.11 Å². The molecule has 10 heteroatoms. The predicted molar refractivity (Wildman–Crippen MR) is 134 cm³/mol. The van der Waals surface area contributed by atoms with E-state index in [0.29, 0.717) is 35.8 Å². The molecule has 194 valence electrons. The van der Waals surface area contributed by atoms with E-state index in [2.05, 4.69) is 10.3 Å². The fraction of sp³-hybridized carbons (Fsp3) is 0.462. The average Bonchev–Trinajstić information content (AvgIpc) is 2.88. The lowest BCUT2D eigenvalue weighted by atomic mass is 10.0. The zero-order chi connectivity index (χ0) is 26.2. The number of carbonyl (C=O) groups is 3. The van der Waals surface area contributed by atoms with E-state index in [9.17, 15) is 14.4 Å². The second kappa shape index (κ2) is 12.5. The smallest absolute Gasteiger partial charge is 0.272 e. The number of pyridine rings is 1. The molecule has 1 aliphatic rings. The van der Waals surface area contributed by atoms with E-state index in [1.54, 1.807) is 66.6 Å². The molecular formula is C26H34N4O6. The lowest BCUT2D eigenvalue weighted by Gasteiger charge is -2.36. The van der Waals surface area contributed by atoms with Gasteiger partial charge in [0.05, 0.1) is 17.7 Å².